The van der Waals surface area contributed by atoms with Crippen molar-refractivity contribution in [3.8, 4) is 5.75 Å². The van der Waals surface area contributed by atoms with Crippen molar-refractivity contribution in [1.29, 1.82) is 0 Å². The third-order valence-electron chi connectivity index (χ3n) is 5.11. The van der Waals surface area contributed by atoms with Gasteiger partial charge in [-0.25, -0.2) is 4.79 Å². The number of urea groups is 1. The zero-order valence-corrected chi connectivity index (χ0v) is 14.4. The van der Waals surface area contributed by atoms with Crippen molar-refractivity contribution in [3.05, 3.63) is 28.8 Å². The first-order valence-electron chi connectivity index (χ1n) is 8.46. The maximum atomic E-state index is 12.4. The molecule has 1 saturated heterocycles. The molecule has 0 bridgehead atoms. The van der Waals surface area contributed by atoms with Gasteiger partial charge < -0.3 is 19.9 Å². The number of methoxy groups -OCH3 is 1. The van der Waals surface area contributed by atoms with Gasteiger partial charge in [0.1, 0.15) is 5.75 Å². The lowest BCUT2D eigenvalue weighted by Crippen LogP contribution is -2.40. The summed E-state index contributed by atoms with van der Waals surface area (Å²) in [6, 6.07) is 4.84. The number of likely N-dealkylation sites (N-methyl/N-ethyl adjacent to an activating group) is 1. The Morgan fingerprint density at radius 2 is 2.09 bits per heavy atom. The molecule has 5 heteroatoms. The molecule has 1 heterocycles. The zero-order chi connectivity index (χ0) is 16.4. The van der Waals surface area contributed by atoms with Crippen molar-refractivity contribution in [2.75, 3.05) is 34.3 Å². The Bertz CT molecular complexity index is 586. The molecule has 2 amide bonds. The molecule has 2 aliphatic rings. The van der Waals surface area contributed by atoms with Crippen molar-refractivity contribution in [3.63, 3.8) is 0 Å². The number of rotatable bonds is 4. The van der Waals surface area contributed by atoms with E-state index in [1.807, 2.05) is 4.90 Å². The number of carbonyl (C=O) groups is 1. The predicted molar refractivity (Wildman–Crippen MR) is 90.9 cm³/mol. The third kappa shape index (κ3) is 3.44. The predicted octanol–water partition coefficient (Wildman–Crippen LogP) is 2.03. The van der Waals surface area contributed by atoms with Gasteiger partial charge in [0.25, 0.3) is 0 Å². The van der Waals surface area contributed by atoms with Crippen LogP contribution >= 0.6 is 0 Å². The van der Waals surface area contributed by atoms with Crippen molar-refractivity contribution in [1.82, 2.24) is 15.1 Å². The summed E-state index contributed by atoms with van der Waals surface area (Å²) in [7, 11) is 5.84. The number of likely N-dealkylation sites (tertiary alicyclic amines) is 1. The number of carbonyl (C=O) groups excluding carboxylic acids is 1. The molecule has 1 aromatic carbocycles. The highest BCUT2D eigenvalue weighted by Crippen LogP contribution is 2.29. The number of benzene rings is 1. The molecule has 126 valence electrons. The van der Waals surface area contributed by atoms with Gasteiger partial charge in [-0.15, -0.1) is 0 Å². The smallest absolute Gasteiger partial charge is 0.317 e. The Kier molecular flexibility index (Phi) is 4.76. The summed E-state index contributed by atoms with van der Waals surface area (Å²) < 4.78 is 5.51. The van der Waals surface area contributed by atoms with Crippen LogP contribution in [-0.2, 0) is 19.4 Å². The molecule has 1 aliphatic carbocycles. The molecule has 23 heavy (non-hydrogen) atoms. The van der Waals surface area contributed by atoms with Gasteiger partial charge in [0.15, 0.2) is 0 Å². The molecule has 0 aromatic heterocycles. The standard InChI is InChI=1S/C18H27N3O2/c1-20(2)16-7-8-21(12-16)18(22)19-11-15-9-13-5-4-6-14(13)10-17(15)23-3/h9-10,16H,4-8,11-12H2,1-3H3,(H,19,22). The van der Waals surface area contributed by atoms with E-state index >= 15 is 0 Å². The van der Waals surface area contributed by atoms with Gasteiger partial charge in [-0.1, -0.05) is 6.07 Å². The van der Waals surface area contributed by atoms with Crippen molar-refractivity contribution in [2.45, 2.75) is 38.3 Å². The van der Waals surface area contributed by atoms with Crippen LogP contribution in [0.3, 0.4) is 0 Å². The van der Waals surface area contributed by atoms with E-state index in [1.165, 1.54) is 17.5 Å². The second kappa shape index (κ2) is 6.79. The van der Waals surface area contributed by atoms with E-state index in [4.69, 9.17) is 4.74 Å². The number of amides is 2. The quantitative estimate of drug-likeness (QED) is 0.924. The SMILES string of the molecule is COc1cc2c(cc1CNC(=O)N1CCC(N(C)C)C1)CCC2. The van der Waals surface area contributed by atoms with Crippen LogP contribution in [0.5, 0.6) is 5.75 Å². The minimum Gasteiger partial charge on any atom is -0.496 e. The average molecular weight is 317 g/mol. The Morgan fingerprint density at radius 3 is 2.74 bits per heavy atom. The molecule has 1 aliphatic heterocycles. The molecule has 1 N–H and O–H groups in total. The third-order valence-corrected chi connectivity index (χ3v) is 5.11. The number of nitrogens with zero attached hydrogens (tertiary/aromatic N) is 2. The Labute approximate surface area is 138 Å². The van der Waals surface area contributed by atoms with Crippen LogP contribution in [0.1, 0.15) is 29.5 Å². The fraction of sp³-hybridized carbons (Fsp3) is 0.611. The summed E-state index contributed by atoms with van der Waals surface area (Å²) in [5.74, 6) is 0.888. The van der Waals surface area contributed by atoms with Gasteiger partial charge >= 0.3 is 6.03 Å². The largest absolute Gasteiger partial charge is 0.496 e. The van der Waals surface area contributed by atoms with E-state index in [1.54, 1.807) is 7.11 Å². The van der Waals surface area contributed by atoms with Gasteiger partial charge in [0.2, 0.25) is 0 Å². The average Bonchev–Trinajstić information content (AvgIpc) is 3.20. The summed E-state index contributed by atoms with van der Waals surface area (Å²) in [5.41, 5.74) is 3.87. The Morgan fingerprint density at radius 1 is 1.35 bits per heavy atom. The molecule has 0 saturated carbocycles. The molecular formula is C18H27N3O2. The van der Waals surface area contributed by atoms with E-state index < -0.39 is 0 Å². The lowest BCUT2D eigenvalue weighted by molar-refractivity contribution is 0.203. The molecular weight excluding hydrogens is 290 g/mol. The van der Waals surface area contributed by atoms with E-state index in [0.29, 0.717) is 12.6 Å². The highest BCUT2D eigenvalue weighted by Gasteiger charge is 2.27. The van der Waals surface area contributed by atoms with Crippen LogP contribution in [0.2, 0.25) is 0 Å². The summed E-state index contributed by atoms with van der Waals surface area (Å²) in [6.45, 7) is 2.16. The number of aryl methyl sites for hydroxylation is 2. The van der Waals surface area contributed by atoms with Crippen LogP contribution < -0.4 is 10.1 Å². The number of ether oxygens (including phenoxy) is 1. The fourth-order valence-electron chi connectivity index (χ4n) is 3.61. The van der Waals surface area contributed by atoms with Gasteiger partial charge in [0, 0.05) is 31.2 Å². The minimum absolute atomic E-state index is 0.0249. The maximum absolute atomic E-state index is 12.4. The summed E-state index contributed by atoms with van der Waals surface area (Å²) in [5, 5.41) is 3.05. The van der Waals surface area contributed by atoms with Crippen LogP contribution in [0.15, 0.2) is 12.1 Å². The lowest BCUT2D eigenvalue weighted by atomic mass is 10.1. The Balaban J connectivity index is 1.61. The summed E-state index contributed by atoms with van der Waals surface area (Å²) in [4.78, 5) is 16.5. The van der Waals surface area contributed by atoms with E-state index in [9.17, 15) is 4.79 Å². The molecule has 0 radical (unpaired) electrons. The van der Waals surface area contributed by atoms with Gasteiger partial charge in [-0.3, -0.25) is 0 Å². The molecule has 5 nitrogen and oxygen atoms in total. The van der Waals surface area contributed by atoms with Crippen molar-refractivity contribution >= 4 is 6.03 Å². The zero-order valence-electron chi connectivity index (χ0n) is 14.4. The minimum atomic E-state index is 0.0249. The first-order valence-corrected chi connectivity index (χ1v) is 8.46. The second-order valence-corrected chi connectivity index (χ2v) is 6.80. The highest BCUT2D eigenvalue weighted by atomic mass is 16.5. The van der Waals surface area contributed by atoms with Gasteiger partial charge in [0.05, 0.1) is 7.11 Å². The molecule has 1 unspecified atom stereocenters. The molecule has 1 fully saturated rings. The van der Waals surface area contributed by atoms with Gasteiger partial charge in [-0.05, 0) is 57.0 Å². The van der Waals surface area contributed by atoms with E-state index in [-0.39, 0.29) is 6.03 Å². The van der Waals surface area contributed by atoms with Crippen LogP contribution in [0.25, 0.3) is 0 Å². The monoisotopic (exact) mass is 317 g/mol. The van der Waals surface area contributed by atoms with Crippen LogP contribution in [-0.4, -0.2) is 56.2 Å². The Hall–Kier alpha value is -1.75. The first kappa shape index (κ1) is 16.1. The first-order chi connectivity index (χ1) is 11.1. The van der Waals surface area contributed by atoms with Gasteiger partial charge in [-0.2, -0.15) is 0 Å². The van der Waals surface area contributed by atoms with Crippen molar-refractivity contribution < 1.29 is 9.53 Å². The number of nitrogens with one attached hydrogen (secondary N) is 1. The van der Waals surface area contributed by atoms with Crippen molar-refractivity contribution in [2.24, 2.45) is 0 Å². The van der Waals surface area contributed by atoms with E-state index in [0.717, 1.165) is 43.7 Å². The topological polar surface area (TPSA) is 44.8 Å². The molecule has 0 spiro atoms. The summed E-state index contributed by atoms with van der Waals surface area (Å²) >= 11 is 0. The van der Waals surface area contributed by atoms with Crippen LogP contribution in [0.4, 0.5) is 4.79 Å². The molecule has 1 atom stereocenters. The normalized spacial score (nSPS) is 20.0. The van der Waals surface area contributed by atoms with E-state index in [2.05, 4.69) is 36.4 Å². The lowest BCUT2D eigenvalue weighted by Gasteiger charge is -2.21. The molecule has 1 aromatic rings. The number of fused-ring (bicyclic) bond motifs is 1. The maximum Gasteiger partial charge on any atom is 0.317 e. The fourth-order valence-corrected chi connectivity index (χ4v) is 3.61. The highest BCUT2D eigenvalue weighted by molar-refractivity contribution is 5.74. The van der Waals surface area contributed by atoms with Crippen LogP contribution in [0, 0.1) is 0 Å². The number of hydrogen-bond acceptors (Lipinski definition) is 3. The molecule has 3 rings (SSSR count). The second-order valence-electron chi connectivity index (χ2n) is 6.80. The number of hydrogen-bond donors (Lipinski definition) is 1. The summed E-state index contributed by atoms with van der Waals surface area (Å²) in [6.07, 6.45) is 4.53.